The molecule has 102 valence electrons. The fourth-order valence-corrected chi connectivity index (χ4v) is 2.50. The van der Waals surface area contributed by atoms with E-state index < -0.39 is 0 Å². The molecule has 3 nitrogen and oxygen atoms in total. The average Bonchev–Trinajstić information content (AvgIpc) is 3.20. The zero-order valence-corrected chi connectivity index (χ0v) is 11.7. The smallest absolute Gasteiger partial charge is 0.319 e. The number of anilines is 1. The first-order chi connectivity index (χ1) is 9.68. The van der Waals surface area contributed by atoms with Crippen molar-refractivity contribution in [2.24, 2.45) is 0 Å². The Bertz CT molecular complexity index is 623. The summed E-state index contributed by atoms with van der Waals surface area (Å²) < 4.78 is 0. The van der Waals surface area contributed by atoms with E-state index in [-0.39, 0.29) is 11.6 Å². The molecule has 2 N–H and O–H groups in total. The summed E-state index contributed by atoms with van der Waals surface area (Å²) in [6.45, 7) is 0. The molecular weight excluding hydrogens is 272 g/mol. The number of hydrogen-bond acceptors (Lipinski definition) is 1. The molecule has 2 amide bonds. The highest BCUT2D eigenvalue weighted by molar-refractivity contribution is 6.30. The SMILES string of the molecule is O=C(Nc1cccc(Cl)c1)NC1(c2ccccc2)CC1. The van der Waals surface area contributed by atoms with Crippen molar-refractivity contribution in [3.63, 3.8) is 0 Å². The molecular formula is C16H15ClN2O. The maximum Gasteiger partial charge on any atom is 0.319 e. The topological polar surface area (TPSA) is 41.1 Å². The standard InChI is InChI=1S/C16H15ClN2O/c17-13-7-4-8-14(11-13)18-15(20)19-16(9-10-16)12-5-2-1-3-6-12/h1-8,11H,9-10H2,(H2,18,19,20). The zero-order chi connectivity index (χ0) is 14.0. The molecule has 2 aromatic rings. The van der Waals surface area contributed by atoms with Gasteiger partial charge in [0.05, 0.1) is 5.54 Å². The molecule has 0 unspecified atom stereocenters. The van der Waals surface area contributed by atoms with Crippen LogP contribution in [0.3, 0.4) is 0 Å². The molecule has 1 saturated carbocycles. The van der Waals surface area contributed by atoms with Gasteiger partial charge in [-0.15, -0.1) is 0 Å². The zero-order valence-electron chi connectivity index (χ0n) is 10.9. The molecule has 0 aliphatic heterocycles. The van der Waals surface area contributed by atoms with E-state index >= 15 is 0 Å². The molecule has 0 spiro atoms. The van der Waals surface area contributed by atoms with Crippen LogP contribution in [-0.2, 0) is 5.54 Å². The van der Waals surface area contributed by atoms with E-state index in [0.29, 0.717) is 10.7 Å². The number of nitrogens with one attached hydrogen (secondary N) is 2. The van der Waals surface area contributed by atoms with Gasteiger partial charge in [0.25, 0.3) is 0 Å². The maximum atomic E-state index is 12.1. The first-order valence-corrected chi connectivity index (χ1v) is 6.96. The molecule has 1 aliphatic carbocycles. The predicted molar refractivity (Wildman–Crippen MR) is 81.0 cm³/mol. The van der Waals surface area contributed by atoms with Gasteiger partial charge in [0, 0.05) is 10.7 Å². The van der Waals surface area contributed by atoms with Gasteiger partial charge in [-0.2, -0.15) is 0 Å². The van der Waals surface area contributed by atoms with Crippen molar-refractivity contribution in [2.75, 3.05) is 5.32 Å². The van der Waals surface area contributed by atoms with Crippen LogP contribution in [0.1, 0.15) is 18.4 Å². The molecule has 0 heterocycles. The molecule has 0 saturated heterocycles. The molecule has 0 aromatic heterocycles. The van der Waals surface area contributed by atoms with Gasteiger partial charge in [0.2, 0.25) is 0 Å². The number of rotatable bonds is 3. The Kier molecular flexibility index (Phi) is 3.36. The molecule has 2 aromatic carbocycles. The third-order valence-electron chi connectivity index (χ3n) is 3.51. The van der Waals surface area contributed by atoms with Gasteiger partial charge >= 0.3 is 6.03 Å². The first kappa shape index (κ1) is 13.0. The van der Waals surface area contributed by atoms with Gasteiger partial charge in [-0.25, -0.2) is 4.79 Å². The second-order valence-corrected chi connectivity index (χ2v) is 5.47. The summed E-state index contributed by atoms with van der Waals surface area (Å²) in [5, 5.41) is 6.48. The van der Waals surface area contributed by atoms with E-state index in [1.807, 2.05) is 42.5 Å². The van der Waals surface area contributed by atoms with Crippen LogP contribution in [0, 0.1) is 0 Å². The number of urea groups is 1. The van der Waals surface area contributed by atoms with Gasteiger partial charge in [0.15, 0.2) is 0 Å². The Labute approximate surface area is 123 Å². The Morgan fingerprint density at radius 1 is 1.05 bits per heavy atom. The van der Waals surface area contributed by atoms with Crippen LogP contribution in [-0.4, -0.2) is 6.03 Å². The van der Waals surface area contributed by atoms with Crippen molar-refractivity contribution in [1.82, 2.24) is 5.32 Å². The maximum absolute atomic E-state index is 12.1. The van der Waals surface area contributed by atoms with Crippen molar-refractivity contribution in [3.05, 3.63) is 65.2 Å². The highest BCUT2D eigenvalue weighted by Crippen LogP contribution is 2.45. The second-order valence-electron chi connectivity index (χ2n) is 5.04. The van der Waals surface area contributed by atoms with E-state index in [1.54, 1.807) is 12.1 Å². The van der Waals surface area contributed by atoms with E-state index in [0.717, 1.165) is 18.4 Å². The molecule has 20 heavy (non-hydrogen) atoms. The van der Waals surface area contributed by atoms with Crippen molar-refractivity contribution in [3.8, 4) is 0 Å². The minimum absolute atomic E-state index is 0.200. The van der Waals surface area contributed by atoms with E-state index in [2.05, 4.69) is 10.6 Å². The summed E-state index contributed by atoms with van der Waals surface area (Å²) in [5.74, 6) is 0. The van der Waals surface area contributed by atoms with E-state index in [1.165, 1.54) is 0 Å². The van der Waals surface area contributed by atoms with Crippen LogP contribution < -0.4 is 10.6 Å². The lowest BCUT2D eigenvalue weighted by molar-refractivity contribution is 0.247. The fourth-order valence-electron chi connectivity index (χ4n) is 2.31. The molecule has 0 bridgehead atoms. The highest BCUT2D eigenvalue weighted by Gasteiger charge is 2.45. The number of amides is 2. The normalized spacial score (nSPS) is 15.4. The van der Waals surface area contributed by atoms with Crippen LogP contribution in [0.15, 0.2) is 54.6 Å². The number of benzene rings is 2. The third kappa shape index (κ3) is 2.78. The molecule has 0 atom stereocenters. The van der Waals surface area contributed by atoms with Gasteiger partial charge < -0.3 is 10.6 Å². The minimum Gasteiger partial charge on any atom is -0.328 e. The largest absolute Gasteiger partial charge is 0.328 e. The van der Waals surface area contributed by atoms with E-state index in [4.69, 9.17) is 11.6 Å². The molecule has 3 rings (SSSR count). The van der Waals surface area contributed by atoms with E-state index in [9.17, 15) is 4.79 Å². The van der Waals surface area contributed by atoms with Crippen molar-refractivity contribution >= 4 is 23.3 Å². The Morgan fingerprint density at radius 3 is 2.45 bits per heavy atom. The van der Waals surface area contributed by atoms with Gasteiger partial charge in [-0.05, 0) is 36.6 Å². The van der Waals surface area contributed by atoms with Crippen molar-refractivity contribution < 1.29 is 4.79 Å². The summed E-state index contributed by atoms with van der Waals surface area (Å²) >= 11 is 5.90. The number of hydrogen-bond donors (Lipinski definition) is 2. The summed E-state index contributed by atoms with van der Waals surface area (Å²) in [6.07, 6.45) is 1.94. The summed E-state index contributed by atoms with van der Waals surface area (Å²) in [4.78, 5) is 12.1. The number of carbonyl (C=O) groups excluding carboxylic acids is 1. The third-order valence-corrected chi connectivity index (χ3v) is 3.75. The van der Waals surface area contributed by atoms with Crippen LogP contribution in [0.2, 0.25) is 5.02 Å². The average molecular weight is 287 g/mol. The minimum atomic E-state index is -0.204. The lowest BCUT2D eigenvalue weighted by Gasteiger charge is -2.18. The number of halogens is 1. The molecule has 0 radical (unpaired) electrons. The van der Waals surface area contributed by atoms with Gasteiger partial charge in [-0.1, -0.05) is 48.0 Å². The fraction of sp³-hybridized carbons (Fsp3) is 0.188. The summed E-state index contributed by atoms with van der Waals surface area (Å²) in [6, 6.07) is 17.0. The van der Waals surface area contributed by atoms with Crippen LogP contribution in [0.5, 0.6) is 0 Å². The Hall–Kier alpha value is -2.00. The Morgan fingerprint density at radius 2 is 1.80 bits per heavy atom. The van der Waals surface area contributed by atoms with Gasteiger partial charge in [0.1, 0.15) is 0 Å². The first-order valence-electron chi connectivity index (χ1n) is 6.58. The van der Waals surface area contributed by atoms with Crippen LogP contribution in [0.25, 0.3) is 0 Å². The lowest BCUT2D eigenvalue weighted by Crippen LogP contribution is -2.38. The predicted octanol–water partition coefficient (Wildman–Crippen LogP) is 4.15. The molecule has 4 heteroatoms. The van der Waals surface area contributed by atoms with Crippen LogP contribution >= 0.6 is 11.6 Å². The highest BCUT2D eigenvalue weighted by atomic mass is 35.5. The summed E-state index contributed by atoms with van der Waals surface area (Å²) in [7, 11) is 0. The molecule has 1 fully saturated rings. The monoisotopic (exact) mass is 286 g/mol. The second kappa shape index (κ2) is 5.17. The van der Waals surface area contributed by atoms with Crippen molar-refractivity contribution in [2.45, 2.75) is 18.4 Å². The lowest BCUT2D eigenvalue weighted by atomic mass is 10.1. The Balaban J connectivity index is 1.68. The molecule has 1 aliphatic rings. The van der Waals surface area contributed by atoms with Crippen LogP contribution in [0.4, 0.5) is 10.5 Å². The van der Waals surface area contributed by atoms with Crippen molar-refractivity contribution in [1.29, 1.82) is 0 Å². The number of carbonyl (C=O) groups is 1. The quantitative estimate of drug-likeness (QED) is 0.874. The summed E-state index contributed by atoms with van der Waals surface area (Å²) in [5.41, 5.74) is 1.64. The van der Waals surface area contributed by atoms with Gasteiger partial charge in [-0.3, -0.25) is 0 Å².